The fourth-order valence-corrected chi connectivity index (χ4v) is 5.79. The lowest BCUT2D eigenvalue weighted by Crippen LogP contribution is -2.45. The van der Waals surface area contributed by atoms with Crippen LogP contribution in [0.25, 0.3) is 11.0 Å². The average Bonchev–Trinajstić information content (AvgIpc) is 3.23. The number of carbonyl (C=O) groups is 1. The molecule has 1 aromatic carbocycles. The van der Waals surface area contributed by atoms with E-state index in [4.69, 9.17) is 4.63 Å². The molecular weight excluding hydrogens is 392 g/mol. The van der Waals surface area contributed by atoms with Gasteiger partial charge in [0, 0.05) is 19.6 Å². The van der Waals surface area contributed by atoms with Crippen molar-refractivity contribution >= 4 is 27.0 Å². The van der Waals surface area contributed by atoms with E-state index in [9.17, 15) is 13.2 Å². The van der Waals surface area contributed by atoms with Crippen molar-refractivity contribution in [2.45, 2.75) is 49.8 Å². The van der Waals surface area contributed by atoms with Gasteiger partial charge in [0.1, 0.15) is 10.4 Å². The van der Waals surface area contributed by atoms with Gasteiger partial charge in [0.25, 0.3) is 0 Å². The van der Waals surface area contributed by atoms with Crippen molar-refractivity contribution < 1.29 is 17.8 Å². The molecule has 1 amide bonds. The summed E-state index contributed by atoms with van der Waals surface area (Å²) >= 11 is 0. The molecule has 4 rings (SSSR count). The van der Waals surface area contributed by atoms with Crippen LogP contribution in [-0.4, -0.2) is 48.6 Å². The predicted molar refractivity (Wildman–Crippen MR) is 107 cm³/mol. The molecule has 1 fully saturated rings. The molecule has 2 aliphatic rings. The minimum absolute atomic E-state index is 0.0670. The van der Waals surface area contributed by atoms with E-state index >= 15 is 0 Å². The number of nitrogens with one attached hydrogen (secondary N) is 1. The largest absolute Gasteiger partial charge is 0.356 e. The van der Waals surface area contributed by atoms with Crippen molar-refractivity contribution in [3.8, 4) is 0 Å². The Morgan fingerprint density at radius 2 is 2.14 bits per heavy atom. The van der Waals surface area contributed by atoms with Crippen LogP contribution in [-0.2, 0) is 14.8 Å². The van der Waals surface area contributed by atoms with E-state index in [2.05, 4.69) is 21.7 Å². The number of carbonyl (C=O) groups excluding carboxylic acids is 1. The maximum Gasteiger partial charge on any atom is 0.245 e. The number of amides is 1. The van der Waals surface area contributed by atoms with Gasteiger partial charge in [-0.2, -0.15) is 4.31 Å². The molecule has 8 nitrogen and oxygen atoms in total. The first-order valence-corrected chi connectivity index (χ1v) is 11.7. The molecule has 1 aromatic heterocycles. The van der Waals surface area contributed by atoms with Crippen LogP contribution in [0.15, 0.2) is 39.4 Å². The third kappa shape index (κ3) is 4.35. The summed E-state index contributed by atoms with van der Waals surface area (Å²) in [4.78, 5) is 12.7. The molecule has 1 unspecified atom stereocenters. The molecule has 1 atom stereocenters. The highest BCUT2D eigenvalue weighted by Gasteiger charge is 2.34. The molecule has 1 aliphatic heterocycles. The molecule has 0 radical (unpaired) electrons. The summed E-state index contributed by atoms with van der Waals surface area (Å²) < 4.78 is 32.4. The normalized spacial score (nSPS) is 21.1. The van der Waals surface area contributed by atoms with Gasteiger partial charge in [-0.15, -0.1) is 0 Å². The van der Waals surface area contributed by atoms with Gasteiger partial charge in [-0.3, -0.25) is 4.79 Å². The molecule has 2 aromatic rings. The van der Waals surface area contributed by atoms with E-state index in [0.29, 0.717) is 31.4 Å². The van der Waals surface area contributed by atoms with Gasteiger partial charge in [0.05, 0.1) is 5.92 Å². The third-order valence-corrected chi connectivity index (χ3v) is 7.65. The first kappa shape index (κ1) is 20.0. The van der Waals surface area contributed by atoms with E-state index in [1.165, 1.54) is 28.8 Å². The predicted octanol–water partition coefficient (Wildman–Crippen LogP) is 2.63. The maximum absolute atomic E-state index is 13.2. The van der Waals surface area contributed by atoms with Crippen molar-refractivity contribution in [3.05, 3.63) is 29.8 Å². The summed E-state index contributed by atoms with van der Waals surface area (Å²) in [5.41, 5.74) is 2.04. The van der Waals surface area contributed by atoms with Gasteiger partial charge < -0.3 is 5.32 Å². The molecule has 9 heteroatoms. The Hall–Kier alpha value is -2.26. The Morgan fingerprint density at radius 3 is 2.97 bits per heavy atom. The van der Waals surface area contributed by atoms with Gasteiger partial charge in [0.15, 0.2) is 5.52 Å². The number of hydrogen-bond acceptors (Lipinski definition) is 6. The molecule has 0 bridgehead atoms. The molecule has 1 N–H and O–H groups in total. The Kier molecular flexibility index (Phi) is 5.96. The van der Waals surface area contributed by atoms with Gasteiger partial charge >= 0.3 is 0 Å². The Balaban J connectivity index is 1.40. The molecule has 156 valence electrons. The first-order chi connectivity index (χ1) is 14.1. The lowest BCUT2D eigenvalue weighted by molar-refractivity contribution is -0.126. The van der Waals surface area contributed by atoms with Gasteiger partial charge in [-0.25, -0.2) is 13.0 Å². The Morgan fingerprint density at radius 1 is 1.24 bits per heavy atom. The van der Waals surface area contributed by atoms with Crippen molar-refractivity contribution in [2.24, 2.45) is 5.92 Å². The second-order valence-electron chi connectivity index (χ2n) is 7.74. The Labute approximate surface area is 170 Å². The monoisotopic (exact) mass is 418 g/mol. The van der Waals surface area contributed by atoms with E-state index in [1.807, 2.05) is 0 Å². The summed E-state index contributed by atoms with van der Waals surface area (Å²) in [7, 11) is -3.78. The van der Waals surface area contributed by atoms with Crippen LogP contribution < -0.4 is 5.32 Å². The van der Waals surface area contributed by atoms with Crippen LogP contribution in [0.3, 0.4) is 0 Å². The molecule has 1 saturated heterocycles. The van der Waals surface area contributed by atoms with E-state index < -0.39 is 10.0 Å². The van der Waals surface area contributed by atoms with E-state index in [0.717, 1.165) is 19.3 Å². The van der Waals surface area contributed by atoms with Crippen LogP contribution in [0.2, 0.25) is 0 Å². The molecule has 0 spiro atoms. The van der Waals surface area contributed by atoms with Gasteiger partial charge in [-0.05, 0) is 67.4 Å². The van der Waals surface area contributed by atoms with Gasteiger partial charge in [-0.1, -0.05) is 17.7 Å². The minimum atomic E-state index is -3.78. The maximum atomic E-state index is 13.2. The number of nitrogens with zero attached hydrogens (tertiary/aromatic N) is 3. The zero-order valence-corrected chi connectivity index (χ0v) is 17.2. The summed E-state index contributed by atoms with van der Waals surface area (Å²) in [5, 5.41) is 10.5. The summed E-state index contributed by atoms with van der Waals surface area (Å²) in [6.07, 6.45) is 9.22. The van der Waals surface area contributed by atoms with Crippen molar-refractivity contribution in [1.82, 2.24) is 19.9 Å². The molecule has 1 aliphatic carbocycles. The van der Waals surface area contributed by atoms with E-state index in [-0.39, 0.29) is 28.8 Å². The van der Waals surface area contributed by atoms with Crippen LogP contribution in [0, 0.1) is 5.92 Å². The molecule has 2 heterocycles. The van der Waals surface area contributed by atoms with Crippen LogP contribution in [0.5, 0.6) is 0 Å². The van der Waals surface area contributed by atoms with E-state index in [1.54, 1.807) is 12.1 Å². The Bertz CT molecular complexity index is 1010. The molecular formula is C20H26N4O4S. The summed E-state index contributed by atoms with van der Waals surface area (Å²) in [6.45, 7) is 1.18. The number of piperidine rings is 1. The van der Waals surface area contributed by atoms with Crippen molar-refractivity contribution in [1.29, 1.82) is 0 Å². The fourth-order valence-electron chi connectivity index (χ4n) is 4.13. The smallest absolute Gasteiger partial charge is 0.245 e. The average molecular weight is 419 g/mol. The van der Waals surface area contributed by atoms with Crippen LogP contribution in [0.1, 0.15) is 44.9 Å². The SMILES string of the molecule is O=C(NCCC1=CCCCC1)C1CCCN(S(=O)(=O)c2cccc3nonc23)C1. The highest BCUT2D eigenvalue weighted by Crippen LogP contribution is 2.27. The van der Waals surface area contributed by atoms with Gasteiger partial charge in [0.2, 0.25) is 15.9 Å². The number of rotatable bonds is 6. The molecule has 0 saturated carbocycles. The van der Waals surface area contributed by atoms with Crippen LogP contribution >= 0.6 is 0 Å². The van der Waals surface area contributed by atoms with Crippen molar-refractivity contribution in [2.75, 3.05) is 19.6 Å². The fraction of sp³-hybridized carbons (Fsp3) is 0.550. The lowest BCUT2D eigenvalue weighted by Gasteiger charge is -2.31. The minimum Gasteiger partial charge on any atom is -0.356 e. The third-order valence-electron chi connectivity index (χ3n) is 5.75. The zero-order chi connectivity index (χ0) is 20.3. The zero-order valence-electron chi connectivity index (χ0n) is 16.3. The molecule has 29 heavy (non-hydrogen) atoms. The number of aromatic nitrogens is 2. The number of hydrogen-bond donors (Lipinski definition) is 1. The standard InChI is InChI=1S/C20H26N4O4S/c25-20(21-12-11-15-6-2-1-3-7-15)16-8-5-13-24(14-16)29(26,27)18-10-4-9-17-19(18)23-28-22-17/h4,6,9-10,16H,1-3,5,7-8,11-14H2,(H,21,25). The first-order valence-electron chi connectivity index (χ1n) is 10.2. The highest BCUT2D eigenvalue weighted by molar-refractivity contribution is 7.89. The number of benzene rings is 1. The summed E-state index contributed by atoms with van der Waals surface area (Å²) in [6, 6.07) is 4.77. The topological polar surface area (TPSA) is 105 Å². The lowest BCUT2D eigenvalue weighted by atomic mass is 9.96. The van der Waals surface area contributed by atoms with Crippen LogP contribution in [0.4, 0.5) is 0 Å². The second-order valence-corrected chi connectivity index (χ2v) is 9.65. The van der Waals surface area contributed by atoms with Crippen molar-refractivity contribution in [3.63, 3.8) is 0 Å². The quantitative estimate of drug-likeness (QED) is 0.723. The highest BCUT2D eigenvalue weighted by atomic mass is 32.2. The number of fused-ring (bicyclic) bond motifs is 1. The second kappa shape index (κ2) is 8.62. The summed E-state index contributed by atoms with van der Waals surface area (Å²) in [5.74, 6) is -0.406. The number of sulfonamides is 1. The number of allylic oxidation sites excluding steroid dienone is 1.